The van der Waals surface area contributed by atoms with Gasteiger partial charge < -0.3 is 10.6 Å². The Morgan fingerprint density at radius 1 is 1.42 bits per heavy atom. The Bertz CT molecular complexity index is 448. The lowest BCUT2D eigenvalue weighted by atomic mass is 9.93. The second-order valence-electron chi connectivity index (χ2n) is 5.75. The number of carbonyl (C=O) groups excluding carboxylic acids is 1. The molecule has 4 atom stereocenters. The monoisotopic (exact) mass is 259 g/mol. The molecule has 0 spiro atoms. The number of fused-ring (bicyclic) bond motifs is 1. The maximum atomic E-state index is 12.4. The lowest BCUT2D eigenvalue weighted by Gasteiger charge is -2.21. The van der Waals surface area contributed by atoms with Crippen LogP contribution >= 0.6 is 0 Å². The van der Waals surface area contributed by atoms with E-state index in [4.69, 9.17) is 0 Å². The minimum atomic E-state index is 0.0109. The highest BCUT2D eigenvalue weighted by atomic mass is 16.2. The molecule has 0 aromatic carbocycles. The van der Waals surface area contributed by atoms with Gasteiger partial charge in [-0.15, -0.1) is 0 Å². The van der Waals surface area contributed by atoms with Crippen LogP contribution < -0.4 is 10.6 Å². The van der Waals surface area contributed by atoms with Gasteiger partial charge in [-0.3, -0.25) is 9.78 Å². The summed E-state index contributed by atoms with van der Waals surface area (Å²) in [5, 5.41) is 6.51. The molecule has 1 saturated carbocycles. The quantitative estimate of drug-likeness (QED) is 0.868. The first-order valence-electron chi connectivity index (χ1n) is 7.19. The molecular formula is C15H21N3O. The first-order valence-corrected chi connectivity index (χ1v) is 7.19. The van der Waals surface area contributed by atoms with Crippen molar-refractivity contribution in [2.24, 2.45) is 11.8 Å². The first kappa shape index (κ1) is 12.6. The molecule has 0 radical (unpaired) electrons. The fourth-order valence-corrected chi connectivity index (χ4v) is 3.51. The molecule has 2 aliphatic rings. The molecule has 102 valence electrons. The smallest absolute Gasteiger partial charge is 0.237 e. The molecule has 19 heavy (non-hydrogen) atoms. The van der Waals surface area contributed by atoms with Gasteiger partial charge in [0.1, 0.15) is 0 Å². The van der Waals surface area contributed by atoms with E-state index in [2.05, 4.69) is 15.6 Å². The molecule has 2 N–H and O–H groups in total. The zero-order valence-corrected chi connectivity index (χ0v) is 11.3. The summed E-state index contributed by atoms with van der Waals surface area (Å²) in [6.07, 6.45) is 7.28. The van der Waals surface area contributed by atoms with Gasteiger partial charge in [0.05, 0.1) is 12.1 Å². The van der Waals surface area contributed by atoms with E-state index in [1.54, 1.807) is 12.4 Å². The van der Waals surface area contributed by atoms with Crippen molar-refractivity contribution >= 4 is 5.91 Å². The number of pyridine rings is 1. The maximum absolute atomic E-state index is 12.4. The molecule has 1 aliphatic heterocycles. The minimum Gasteiger partial charge on any atom is -0.348 e. The molecule has 1 aromatic rings. The number of nitrogens with one attached hydrogen (secondary N) is 2. The second kappa shape index (κ2) is 5.29. The van der Waals surface area contributed by atoms with Crippen LogP contribution in [0.15, 0.2) is 24.5 Å². The predicted octanol–water partition coefficient (Wildman–Crippen LogP) is 1.65. The van der Waals surface area contributed by atoms with E-state index in [9.17, 15) is 4.79 Å². The van der Waals surface area contributed by atoms with Gasteiger partial charge in [0.2, 0.25) is 5.91 Å². The summed E-state index contributed by atoms with van der Waals surface area (Å²) in [5.41, 5.74) is 1.10. The molecule has 0 bridgehead atoms. The molecule has 1 amide bonds. The third-order valence-electron chi connectivity index (χ3n) is 4.59. The SMILES string of the molecule is C[C@H](NC(=O)C1NCC2CCCC21)c1ccncc1. The highest BCUT2D eigenvalue weighted by Crippen LogP contribution is 2.37. The van der Waals surface area contributed by atoms with Gasteiger partial charge in [0, 0.05) is 12.4 Å². The van der Waals surface area contributed by atoms with Gasteiger partial charge in [0.15, 0.2) is 0 Å². The average molecular weight is 259 g/mol. The third kappa shape index (κ3) is 2.50. The van der Waals surface area contributed by atoms with Crippen LogP contribution in [0.3, 0.4) is 0 Å². The lowest BCUT2D eigenvalue weighted by molar-refractivity contribution is -0.124. The van der Waals surface area contributed by atoms with Gasteiger partial charge in [-0.05, 0) is 55.8 Å². The average Bonchev–Trinajstić information content (AvgIpc) is 3.01. The summed E-state index contributed by atoms with van der Waals surface area (Å²) < 4.78 is 0. The topological polar surface area (TPSA) is 54.0 Å². The summed E-state index contributed by atoms with van der Waals surface area (Å²) in [6.45, 7) is 3.03. The second-order valence-corrected chi connectivity index (χ2v) is 5.75. The lowest BCUT2D eigenvalue weighted by Crippen LogP contribution is -2.44. The van der Waals surface area contributed by atoms with Gasteiger partial charge in [0.25, 0.3) is 0 Å². The number of nitrogens with zero attached hydrogens (tertiary/aromatic N) is 1. The van der Waals surface area contributed by atoms with Crippen LogP contribution in [0, 0.1) is 11.8 Å². The van der Waals surface area contributed by atoms with E-state index < -0.39 is 0 Å². The Hall–Kier alpha value is -1.42. The zero-order chi connectivity index (χ0) is 13.2. The summed E-state index contributed by atoms with van der Waals surface area (Å²) in [5.74, 6) is 1.41. The van der Waals surface area contributed by atoms with Crippen LogP contribution in [0.4, 0.5) is 0 Å². The van der Waals surface area contributed by atoms with Crippen LogP contribution in [-0.2, 0) is 4.79 Å². The first-order chi connectivity index (χ1) is 9.25. The molecule has 1 aliphatic carbocycles. The summed E-state index contributed by atoms with van der Waals surface area (Å²) in [4.78, 5) is 16.4. The molecule has 3 rings (SSSR count). The highest BCUT2D eigenvalue weighted by Gasteiger charge is 2.42. The van der Waals surface area contributed by atoms with Gasteiger partial charge >= 0.3 is 0 Å². The van der Waals surface area contributed by atoms with E-state index in [1.807, 2.05) is 19.1 Å². The van der Waals surface area contributed by atoms with Crippen molar-refractivity contribution in [3.05, 3.63) is 30.1 Å². The van der Waals surface area contributed by atoms with Crippen molar-refractivity contribution in [2.45, 2.75) is 38.3 Å². The Morgan fingerprint density at radius 2 is 2.21 bits per heavy atom. The maximum Gasteiger partial charge on any atom is 0.237 e. The van der Waals surface area contributed by atoms with Gasteiger partial charge in [-0.25, -0.2) is 0 Å². The van der Waals surface area contributed by atoms with E-state index >= 15 is 0 Å². The normalized spacial score (nSPS) is 30.9. The largest absolute Gasteiger partial charge is 0.348 e. The fourth-order valence-electron chi connectivity index (χ4n) is 3.51. The minimum absolute atomic E-state index is 0.0109. The van der Waals surface area contributed by atoms with E-state index in [1.165, 1.54) is 19.3 Å². The molecule has 4 nitrogen and oxygen atoms in total. The molecule has 1 aromatic heterocycles. The van der Waals surface area contributed by atoms with Gasteiger partial charge in [-0.2, -0.15) is 0 Å². The van der Waals surface area contributed by atoms with E-state index in [0.717, 1.165) is 12.1 Å². The van der Waals surface area contributed by atoms with E-state index in [0.29, 0.717) is 11.8 Å². The highest BCUT2D eigenvalue weighted by molar-refractivity contribution is 5.83. The van der Waals surface area contributed by atoms with Crippen molar-refractivity contribution in [1.82, 2.24) is 15.6 Å². The molecule has 3 unspecified atom stereocenters. The summed E-state index contributed by atoms with van der Waals surface area (Å²) in [7, 11) is 0. The number of hydrogen-bond acceptors (Lipinski definition) is 3. The molecule has 1 saturated heterocycles. The van der Waals surface area contributed by atoms with E-state index in [-0.39, 0.29) is 18.0 Å². The zero-order valence-electron chi connectivity index (χ0n) is 11.3. The number of aromatic nitrogens is 1. The Balaban J connectivity index is 1.62. The molecule has 2 heterocycles. The Morgan fingerprint density at radius 3 is 3.00 bits per heavy atom. The number of amides is 1. The number of carbonyl (C=O) groups is 1. The van der Waals surface area contributed by atoms with Crippen LogP contribution in [0.1, 0.15) is 37.8 Å². The summed E-state index contributed by atoms with van der Waals surface area (Å²) in [6, 6.07) is 3.95. The van der Waals surface area contributed by atoms with Crippen molar-refractivity contribution < 1.29 is 4.79 Å². The number of rotatable bonds is 3. The Labute approximate surface area is 114 Å². The Kier molecular flexibility index (Phi) is 3.51. The molecule has 2 fully saturated rings. The fraction of sp³-hybridized carbons (Fsp3) is 0.600. The predicted molar refractivity (Wildman–Crippen MR) is 73.4 cm³/mol. The van der Waals surface area contributed by atoms with Crippen molar-refractivity contribution in [3.8, 4) is 0 Å². The van der Waals surface area contributed by atoms with Gasteiger partial charge in [-0.1, -0.05) is 6.42 Å². The third-order valence-corrected chi connectivity index (χ3v) is 4.59. The van der Waals surface area contributed by atoms with Crippen LogP contribution in [-0.4, -0.2) is 23.5 Å². The van der Waals surface area contributed by atoms with Crippen LogP contribution in [0.5, 0.6) is 0 Å². The van der Waals surface area contributed by atoms with Crippen molar-refractivity contribution in [1.29, 1.82) is 0 Å². The van der Waals surface area contributed by atoms with Crippen LogP contribution in [0.2, 0.25) is 0 Å². The van der Waals surface area contributed by atoms with Crippen molar-refractivity contribution in [2.75, 3.05) is 6.54 Å². The van der Waals surface area contributed by atoms with Crippen molar-refractivity contribution in [3.63, 3.8) is 0 Å². The van der Waals surface area contributed by atoms with Crippen LogP contribution in [0.25, 0.3) is 0 Å². The number of hydrogen-bond donors (Lipinski definition) is 2. The molecule has 4 heteroatoms. The summed E-state index contributed by atoms with van der Waals surface area (Å²) >= 11 is 0. The standard InChI is InChI=1S/C15H21N3O/c1-10(11-5-7-16-8-6-11)18-15(19)14-13-4-2-3-12(13)9-17-14/h5-8,10,12-14,17H,2-4,9H2,1H3,(H,18,19)/t10-,12?,13?,14?/m0/s1. The molecular weight excluding hydrogens is 238 g/mol.